The molecule has 0 saturated heterocycles. The largest absolute Gasteiger partial charge is 4.00 e. The minimum atomic E-state index is 0. The normalized spacial score (nSPS) is 12.0. The molecular formula is C22H27Cl2NZr. The molecule has 1 aromatic heterocycles. The van der Waals surface area contributed by atoms with Crippen molar-refractivity contribution in [1.82, 2.24) is 4.98 Å². The Bertz CT molecular complexity index is 755. The van der Waals surface area contributed by atoms with Crippen molar-refractivity contribution in [2.24, 2.45) is 0 Å². The number of aromatic nitrogens is 1. The van der Waals surface area contributed by atoms with E-state index in [1.54, 1.807) is 0 Å². The summed E-state index contributed by atoms with van der Waals surface area (Å²) in [4.78, 5) is 3.09. The summed E-state index contributed by atoms with van der Waals surface area (Å²) >= 11 is 0. The average molecular weight is 468 g/mol. The zero-order valence-corrected chi connectivity index (χ0v) is 20.4. The monoisotopic (exact) mass is 465 g/mol. The van der Waals surface area contributed by atoms with Crippen LogP contribution in [0.1, 0.15) is 52.7 Å². The summed E-state index contributed by atoms with van der Waals surface area (Å²) in [6.07, 6.45) is 10.5. The minimum absolute atomic E-state index is 0. The van der Waals surface area contributed by atoms with Crippen LogP contribution in [0.2, 0.25) is 0 Å². The van der Waals surface area contributed by atoms with Gasteiger partial charge >= 0.3 is 26.2 Å². The zero-order valence-electron chi connectivity index (χ0n) is 16.4. The molecule has 0 aliphatic heterocycles. The van der Waals surface area contributed by atoms with Gasteiger partial charge in [0.25, 0.3) is 0 Å². The van der Waals surface area contributed by atoms with Gasteiger partial charge < -0.3 is 29.8 Å². The molecule has 3 rings (SSSR count). The van der Waals surface area contributed by atoms with Crippen molar-refractivity contribution in [3.63, 3.8) is 0 Å². The number of hydrogen-bond acceptors (Lipinski definition) is 0. The predicted octanol–water partition coefficient (Wildman–Crippen LogP) is -1.89. The van der Waals surface area contributed by atoms with Crippen LogP contribution in [0.15, 0.2) is 42.6 Å². The van der Waals surface area contributed by atoms with Crippen LogP contribution < -0.4 is 35.3 Å². The van der Waals surface area contributed by atoms with Crippen molar-refractivity contribution in [1.29, 1.82) is 0 Å². The van der Waals surface area contributed by atoms with Crippen molar-refractivity contribution in [3.05, 3.63) is 70.4 Å². The molecule has 0 radical (unpaired) electrons. The average Bonchev–Trinajstić information content (AvgIpc) is 3.02. The topological polar surface area (TPSA) is 15.8 Å². The van der Waals surface area contributed by atoms with Crippen LogP contribution in [0.4, 0.5) is 0 Å². The number of hydrogen-bond donors (Lipinski definition) is 1. The van der Waals surface area contributed by atoms with E-state index in [0.29, 0.717) is 0 Å². The fourth-order valence-electron chi connectivity index (χ4n) is 2.64. The van der Waals surface area contributed by atoms with E-state index in [4.69, 9.17) is 0 Å². The van der Waals surface area contributed by atoms with Crippen molar-refractivity contribution >= 4 is 12.2 Å². The van der Waals surface area contributed by atoms with Crippen LogP contribution >= 0.6 is 0 Å². The van der Waals surface area contributed by atoms with Gasteiger partial charge in [0.1, 0.15) is 0 Å². The third-order valence-electron chi connectivity index (χ3n) is 3.83. The van der Waals surface area contributed by atoms with Crippen molar-refractivity contribution < 1.29 is 51.0 Å². The van der Waals surface area contributed by atoms with E-state index in [-0.39, 0.29) is 61.8 Å². The van der Waals surface area contributed by atoms with E-state index in [1.165, 1.54) is 16.3 Å². The molecule has 2 aromatic rings. The number of nitrogens with one attached hydrogen (secondary N) is 1. The smallest absolute Gasteiger partial charge is 1.00 e. The van der Waals surface area contributed by atoms with Gasteiger partial charge in [-0.05, 0) is 5.41 Å². The number of halogens is 2. The van der Waals surface area contributed by atoms with Crippen LogP contribution in [0.5, 0.6) is 0 Å². The van der Waals surface area contributed by atoms with Crippen LogP contribution in [0.3, 0.4) is 0 Å². The molecule has 1 N–H and O–H groups in total. The first kappa shape index (κ1) is 27.7. The molecule has 0 spiro atoms. The Labute approximate surface area is 190 Å². The van der Waals surface area contributed by atoms with Gasteiger partial charge in [0.15, 0.2) is 0 Å². The van der Waals surface area contributed by atoms with E-state index in [9.17, 15) is 0 Å². The SMILES string of the molecule is C=C1[C-]=c2ccccc2=C1.CC(C)(C)c1[c-][nH]cc1C(C)(C)C.[Cl-].[Cl-].[Zr+4]. The predicted molar refractivity (Wildman–Crippen MR) is 99.7 cm³/mol. The Morgan fingerprint density at radius 1 is 0.923 bits per heavy atom. The van der Waals surface area contributed by atoms with E-state index in [2.05, 4.69) is 77.6 Å². The Morgan fingerprint density at radius 2 is 1.50 bits per heavy atom. The molecular weight excluding hydrogens is 440 g/mol. The fourth-order valence-corrected chi connectivity index (χ4v) is 2.64. The maximum atomic E-state index is 3.80. The quantitative estimate of drug-likeness (QED) is 0.437. The third kappa shape index (κ3) is 7.22. The summed E-state index contributed by atoms with van der Waals surface area (Å²) in [6.45, 7) is 17.2. The molecule has 0 atom stereocenters. The molecule has 0 bridgehead atoms. The fraction of sp³-hybridized carbons (Fsp3) is 0.364. The van der Waals surface area contributed by atoms with Gasteiger partial charge in [-0.25, -0.2) is 0 Å². The van der Waals surface area contributed by atoms with Gasteiger partial charge in [0, 0.05) is 0 Å². The van der Waals surface area contributed by atoms with Gasteiger partial charge in [-0.2, -0.15) is 12.1 Å². The number of fused-ring (bicyclic) bond motifs is 1. The first-order chi connectivity index (χ1) is 10.6. The number of benzene rings is 1. The summed E-state index contributed by atoms with van der Waals surface area (Å²) < 4.78 is 0. The summed E-state index contributed by atoms with van der Waals surface area (Å²) in [6, 6.07) is 8.15. The molecule has 0 amide bonds. The van der Waals surface area contributed by atoms with Gasteiger partial charge in [0.05, 0.1) is 0 Å². The van der Waals surface area contributed by atoms with Crippen LogP contribution in [0, 0.1) is 6.20 Å². The van der Waals surface area contributed by atoms with Crippen molar-refractivity contribution in [2.45, 2.75) is 52.4 Å². The molecule has 0 fully saturated rings. The molecule has 1 aliphatic rings. The third-order valence-corrected chi connectivity index (χ3v) is 3.83. The summed E-state index contributed by atoms with van der Waals surface area (Å²) in [5, 5.41) is 2.39. The van der Waals surface area contributed by atoms with Crippen molar-refractivity contribution in [3.8, 4) is 0 Å². The molecule has 26 heavy (non-hydrogen) atoms. The molecule has 138 valence electrons. The maximum absolute atomic E-state index is 3.80. The van der Waals surface area contributed by atoms with Crippen molar-refractivity contribution in [2.75, 3.05) is 0 Å². The molecule has 1 heterocycles. The number of aromatic amines is 1. The molecule has 1 nitrogen and oxygen atoms in total. The van der Waals surface area contributed by atoms with Crippen LogP contribution in [-0.4, -0.2) is 4.98 Å². The van der Waals surface area contributed by atoms with E-state index in [0.717, 1.165) is 10.8 Å². The van der Waals surface area contributed by atoms with E-state index < -0.39 is 0 Å². The Hall–Kier alpha value is -0.557. The summed E-state index contributed by atoms with van der Waals surface area (Å²) in [5.74, 6) is 0. The second-order valence-corrected chi connectivity index (χ2v) is 8.08. The Kier molecular flexibility index (Phi) is 11.4. The summed E-state index contributed by atoms with van der Waals surface area (Å²) in [5.41, 5.74) is 4.04. The van der Waals surface area contributed by atoms with Gasteiger partial charge in [0.2, 0.25) is 0 Å². The Balaban J connectivity index is 0. The molecule has 1 aliphatic carbocycles. The number of allylic oxidation sites excluding steroid dienone is 1. The van der Waals surface area contributed by atoms with Crippen LogP contribution in [0.25, 0.3) is 12.2 Å². The first-order valence-corrected chi connectivity index (χ1v) is 8.09. The van der Waals surface area contributed by atoms with E-state index in [1.807, 2.05) is 24.3 Å². The van der Waals surface area contributed by atoms with Crippen LogP contribution in [-0.2, 0) is 37.0 Å². The first-order valence-electron chi connectivity index (χ1n) is 8.09. The number of H-pyrrole nitrogens is 1. The van der Waals surface area contributed by atoms with Gasteiger partial charge in [-0.15, -0.1) is 52.2 Å². The molecule has 4 heteroatoms. The molecule has 0 saturated carbocycles. The van der Waals surface area contributed by atoms with E-state index >= 15 is 0 Å². The van der Waals surface area contributed by atoms with Gasteiger partial charge in [-0.3, -0.25) is 0 Å². The Morgan fingerprint density at radius 3 is 1.96 bits per heavy atom. The zero-order chi connectivity index (χ0) is 17.3. The second-order valence-electron chi connectivity index (χ2n) is 8.08. The van der Waals surface area contributed by atoms with Gasteiger partial charge in [-0.1, -0.05) is 65.2 Å². The number of rotatable bonds is 0. The summed E-state index contributed by atoms with van der Waals surface area (Å²) in [7, 11) is 0. The molecule has 1 aromatic carbocycles. The maximum Gasteiger partial charge on any atom is 4.00 e. The second kappa shape index (κ2) is 10.7. The minimum Gasteiger partial charge on any atom is -1.00 e. The molecule has 0 unspecified atom stereocenters. The standard InChI is InChI=1S/C12H20N.C10H7.2ClH.Zr/c1-11(2,3)9-7-13-8-10(9)12(4,5)6;1-8-6-9-4-2-3-5-10(9)7-8;;;/h7,13H,1-6H3;2-6H,1H2;2*1H;/q2*-1;;;+4/p-2.